The molecule has 0 fully saturated rings. The van der Waals surface area contributed by atoms with Gasteiger partial charge in [0.25, 0.3) is 0 Å². The van der Waals surface area contributed by atoms with Crippen LogP contribution in [0, 0.1) is 0 Å². The standard InChI is InChI=1S/C57H37NO/c1-3-19-40(20-4-1)57(41-21-5-2-6-22-41)52-31-13-11-26-47(52)48-34-33-43(37-53(48)57)58(54-36-39-17-7-8-24-44(39)46-25-9-10-27-49(46)54)42-23-15-18-38(35-42)45-29-16-30-51-50-28-12-14-32-55(50)59-56(45)51/h1-37H. The summed E-state index contributed by atoms with van der Waals surface area (Å²) in [6.45, 7) is 0. The summed E-state index contributed by atoms with van der Waals surface area (Å²) in [5, 5.41) is 7.11. The zero-order valence-corrected chi connectivity index (χ0v) is 32.2. The number of rotatable bonds is 6. The first-order valence-corrected chi connectivity index (χ1v) is 20.3. The highest BCUT2D eigenvalue weighted by Crippen LogP contribution is 2.57. The number of nitrogens with zero attached hydrogens (tertiary/aromatic N) is 1. The molecule has 0 N–H and O–H groups in total. The number of anilines is 3. The fraction of sp³-hybridized carbons (Fsp3) is 0.0175. The Morgan fingerprint density at radius 1 is 0.356 bits per heavy atom. The molecule has 0 amide bonds. The summed E-state index contributed by atoms with van der Waals surface area (Å²) >= 11 is 0. The highest BCUT2D eigenvalue weighted by atomic mass is 16.3. The highest BCUT2D eigenvalue weighted by molar-refractivity contribution is 6.15. The molecule has 0 bridgehead atoms. The molecular formula is C57H37NO. The number of hydrogen-bond acceptors (Lipinski definition) is 2. The number of para-hydroxylation sites is 2. The monoisotopic (exact) mass is 751 g/mol. The molecule has 59 heavy (non-hydrogen) atoms. The van der Waals surface area contributed by atoms with Crippen LogP contribution in [0.15, 0.2) is 229 Å². The van der Waals surface area contributed by atoms with E-state index in [9.17, 15) is 0 Å². The molecule has 0 saturated carbocycles. The maximum atomic E-state index is 6.59. The zero-order chi connectivity index (χ0) is 38.9. The van der Waals surface area contributed by atoms with Crippen molar-refractivity contribution in [1.82, 2.24) is 0 Å². The van der Waals surface area contributed by atoms with Gasteiger partial charge in [-0.2, -0.15) is 0 Å². The van der Waals surface area contributed by atoms with Crippen molar-refractivity contribution in [1.29, 1.82) is 0 Å². The second-order valence-electron chi connectivity index (χ2n) is 15.6. The molecule has 1 aliphatic carbocycles. The fourth-order valence-electron chi connectivity index (χ4n) is 10.0. The van der Waals surface area contributed by atoms with Crippen molar-refractivity contribution in [3.05, 3.63) is 247 Å². The summed E-state index contributed by atoms with van der Waals surface area (Å²) in [6.07, 6.45) is 0. The third-order valence-corrected chi connectivity index (χ3v) is 12.5. The maximum absolute atomic E-state index is 6.59. The van der Waals surface area contributed by atoms with Gasteiger partial charge in [0.2, 0.25) is 0 Å². The quantitative estimate of drug-likeness (QED) is 0.157. The highest BCUT2D eigenvalue weighted by Gasteiger charge is 2.46. The molecular weight excluding hydrogens is 715 g/mol. The summed E-state index contributed by atoms with van der Waals surface area (Å²) in [5.74, 6) is 0. The lowest BCUT2D eigenvalue weighted by molar-refractivity contribution is 0.670. The van der Waals surface area contributed by atoms with Gasteiger partial charge in [0.15, 0.2) is 0 Å². The van der Waals surface area contributed by atoms with Gasteiger partial charge in [0.05, 0.1) is 11.1 Å². The SMILES string of the molecule is c1ccc(C2(c3ccccc3)c3ccccc3-c3ccc(N(c4cccc(-c5cccc6c5oc5ccccc56)c4)c4cc5ccccc5c5ccccc45)cc32)cc1. The van der Waals surface area contributed by atoms with E-state index in [4.69, 9.17) is 4.42 Å². The Morgan fingerprint density at radius 3 is 1.76 bits per heavy atom. The van der Waals surface area contributed by atoms with Crippen LogP contribution < -0.4 is 4.90 Å². The van der Waals surface area contributed by atoms with Crippen molar-refractivity contribution in [3.8, 4) is 22.3 Å². The first-order valence-electron chi connectivity index (χ1n) is 20.3. The summed E-state index contributed by atoms with van der Waals surface area (Å²) in [5.41, 5.74) is 14.3. The number of furan rings is 1. The number of fused-ring (bicyclic) bond motifs is 9. The molecule has 0 atom stereocenters. The molecule has 0 spiro atoms. The third-order valence-electron chi connectivity index (χ3n) is 12.5. The van der Waals surface area contributed by atoms with Crippen LogP contribution >= 0.6 is 0 Å². The van der Waals surface area contributed by atoms with Crippen LogP contribution in [0.3, 0.4) is 0 Å². The van der Waals surface area contributed by atoms with Crippen molar-refractivity contribution >= 4 is 60.5 Å². The first-order chi connectivity index (χ1) is 29.3. The molecule has 1 heterocycles. The maximum Gasteiger partial charge on any atom is 0.143 e. The van der Waals surface area contributed by atoms with Crippen LogP contribution in [-0.2, 0) is 5.41 Å². The van der Waals surface area contributed by atoms with E-state index in [1.165, 1.54) is 54.9 Å². The lowest BCUT2D eigenvalue weighted by Gasteiger charge is -2.35. The molecule has 11 aromatic rings. The van der Waals surface area contributed by atoms with Gasteiger partial charge in [-0.05, 0) is 91.5 Å². The van der Waals surface area contributed by atoms with E-state index < -0.39 is 5.41 Å². The molecule has 2 heteroatoms. The van der Waals surface area contributed by atoms with Crippen molar-refractivity contribution in [2.75, 3.05) is 4.90 Å². The predicted molar refractivity (Wildman–Crippen MR) is 246 cm³/mol. The van der Waals surface area contributed by atoms with Crippen molar-refractivity contribution in [2.24, 2.45) is 0 Å². The van der Waals surface area contributed by atoms with Gasteiger partial charge in [-0.3, -0.25) is 0 Å². The normalized spacial score (nSPS) is 12.9. The number of hydrogen-bond donors (Lipinski definition) is 0. The van der Waals surface area contributed by atoms with Gasteiger partial charge in [-0.1, -0.05) is 188 Å². The summed E-state index contributed by atoms with van der Waals surface area (Å²) in [7, 11) is 0. The fourth-order valence-corrected chi connectivity index (χ4v) is 10.0. The number of benzene rings is 10. The van der Waals surface area contributed by atoms with Gasteiger partial charge in [-0.25, -0.2) is 0 Å². The van der Waals surface area contributed by atoms with Gasteiger partial charge in [0.1, 0.15) is 11.2 Å². The molecule has 2 nitrogen and oxygen atoms in total. The minimum atomic E-state index is -0.527. The lowest BCUT2D eigenvalue weighted by Crippen LogP contribution is -2.28. The molecule has 0 aliphatic heterocycles. The van der Waals surface area contributed by atoms with Gasteiger partial charge < -0.3 is 9.32 Å². The van der Waals surface area contributed by atoms with Crippen LogP contribution in [0.2, 0.25) is 0 Å². The average molecular weight is 752 g/mol. The van der Waals surface area contributed by atoms with E-state index >= 15 is 0 Å². The van der Waals surface area contributed by atoms with E-state index in [2.05, 4.69) is 223 Å². The smallest absolute Gasteiger partial charge is 0.143 e. The van der Waals surface area contributed by atoms with Crippen LogP contribution in [0.4, 0.5) is 17.1 Å². The Labute approximate surface area is 342 Å². The minimum absolute atomic E-state index is 0.527. The summed E-state index contributed by atoms with van der Waals surface area (Å²) < 4.78 is 6.59. The molecule has 0 saturated heterocycles. The molecule has 0 radical (unpaired) electrons. The zero-order valence-electron chi connectivity index (χ0n) is 32.2. The van der Waals surface area contributed by atoms with Crippen molar-refractivity contribution < 1.29 is 4.42 Å². The van der Waals surface area contributed by atoms with Gasteiger partial charge in [-0.15, -0.1) is 0 Å². The first kappa shape index (κ1) is 33.5. The Morgan fingerprint density at radius 2 is 0.949 bits per heavy atom. The van der Waals surface area contributed by atoms with E-state index in [1.54, 1.807) is 0 Å². The van der Waals surface area contributed by atoms with Gasteiger partial charge >= 0.3 is 0 Å². The topological polar surface area (TPSA) is 16.4 Å². The minimum Gasteiger partial charge on any atom is -0.455 e. The molecule has 12 rings (SSSR count). The molecule has 0 unspecified atom stereocenters. The van der Waals surface area contributed by atoms with Crippen LogP contribution in [-0.4, -0.2) is 0 Å². The Balaban J connectivity index is 1.15. The lowest BCUT2D eigenvalue weighted by atomic mass is 9.67. The second-order valence-corrected chi connectivity index (χ2v) is 15.6. The van der Waals surface area contributed by atoms with E-state index in [0.717, 1.165) is 50.1 Å². The van der Waals surface area contributed by atoms with Crippen molar-refractivity contribution in [3.63, 3.8) is 0 Å². The summed E-state index contributed by atoms with van der Waals surface area (Å²) in [4.78, 5) is 2.47. The largest absolute Gasteiger partial charge is 0.455 e. The van der Waals surface area contributed by atoms with Gasteiger partial charge in [0, 0.05) is 33.1 Å². The Bertz CT molecular complexity index is 3360. The van der Waals surface area contributed by atoms with Crippen molar-refractivity contribution in [2.45, 2.75) is 5.41 Å². The second kappa shape index (κ2) is 13.2. The van der Waals surface area contributed by atoms with Crippen LogP contribution in [0.1, 0.15) is 22.3 Å². The predicted octanol–water partition coefficient (Wildman–Crippen LogP) is 15.4. The average Bonchev–Trinajstić information content (AvgIpc) is 3.84. The molecule has 10 aromatic carbocycles. The summed E-state index contributed by atoms with van der Waals surface area (Å²) in [6, 6.07) is 81.9. The van der Waals surface area contributed by atoms with E-state index in [1.807, 2.05) is 6.07 Å². The molecule has 1 aliphatic rings. The van der Waals surface area contributed by atoms with E-state index in [0.29, 0.717) is 0 Å². The Kier molecular flexibility index (Phi) is 7.48. The molecule has 276 valence electrons. The Hall–Kier alpha value is -7.68. The molecule has 1 aromatic heterocycles. The van der Waals surface area contributed by atoms with Crippen LogP contribution in [0.25, 0.3) is 65.7 Å². The van der Waals surface area contributed by atoms with E-state index in [-0.39, 0.29) is 0 Å². The van der Waals surface area contributed by atoms with Crippen LogP contribution in [0.5, 0.6) is 0 Å². The third kappa shape index (κ3) is 5.00.